The summed E-state index contributed by atoms with van der Waals surface area (Å²) in [6.45, 7) is 1.92. The van der Waals surface area contributed by atoms with E-state index in [-0.39, 0.29) is 0 Å². The number of halogens is 2. The fraction of sp³-hybridized carbons (Fsp3) is 0.167. The van der Waals surface area contributed by atoms with Gasteiger partial charge in [0.25, 0.3) is 0 Å². The van der Waals surface area contributed by atoms with Gasteiger partial charge >= 0.3 is 0 Å². The molecule has 0 aliphatic rings. The summed E-state index contributed by atoms with van der Waals surface area (Å²) in [5.74, 6) is -1.84. The van der Waals surface area contributed by atoms with E-state index >= 15 is 0 Å². The van der Waals surface area contributed by atoms with Crippen molar-refractivity contribution in [3.63, 3.8) is 0 Å². The molecular formula is C12H10F2OS. The Morgan fingerprint density at radius 2 is 1.88 bits per heavy atom. The van der Waals surface area contributed by atoms with Crippen molar-refractivity contribution >= 4 is 11.3 Å². The number of aryl methyl sites for hydroxylation is 1. The molecule has 84 valence electrons. The minimum absolute atomic E-state index is 0.362. The maximum atomic E-state index is 13.0. The van der Waals surface area contributed by atoms with Gasteiger partial charge in [-0.3, -0.25) is 0 Å². The largest absolute Gasteiger partial charge is 0.383 e. The third kappa shape index (κ3) is 2.13. The molecule has 0 radical (unpaired) electrons. The monoisotopic (exact) mass is 240 g/mol. The molecule has 2 rings (SSSR count). The van der Waals surface area contributed by atoms with Gasteiger partial charge in [-0.1, -0.05) is 6.07 Å². The van der Waals surface area contributed by atoms with Gasteiger partial charge in [-0.05, 0) is 36.8 Å². The number of aliphatic hydroxyl groups is 1. The maximum absolute atomic E-state index is 13.0. The predicted octanol–water partition coefficient (Wildman–Crippen LogP) is 3.42. The van der Waals surface area contributed by atoms with E-state index in [9.17, 15) is 13.9 Å². The SMILES string of the molecule is Cc1ccc([C@@H](O)c2ccc(F)c(F)c2)s1. The molecule has 0 bridgehead atoms. The van der Waals surface area contributed by atoms with Crippen LogP contribution in [0, 0.1) is 18.6 Å². The number of thiophene rings is 1. The predicted molar refractivity (Wildman–Crippen MR) is 59.5 cm³/mol. The average molecular weight is 240 g/mol. The van der Waals surface area contributed by atoms with Crippen molar-refractivity contribution in [2.75, 3.05) is 0 Å². The Morgan fingerprint density at radius 1 is 1.12 bits per heavy atom. The summed E-state index contributed by atoms with van der Waals surface area (Å²) < 4.78 is 25.7. The molecule has 1 N–H and O–H groups in total. The third-order valence-corrected chi connectivity index (χ3v) is 3.34. The minimum Gasteiger partial charge on any atom is -0.383 e. The van der Waals surface area contributed by atoms with Gasteiger partial charge < -0.3 is 5.11 Å². The topological polar surface area (TPSA) is 20.2 Å². The molecule has 4 heteroatoms. The van der Waals surface area contributed by atoms with Crippen LogP contribution in [0.1, 0.15) is 21.4 Å². The highest BCUT2D eigenvalue weighted by Gasteiger charge is 2.14. The lowest BCUT2D eigenvalue weighted by atomic mass is 10.1. The first-order valence-electron chi connectivity index (χ1n) is 4.77. The van der Waals surface area contributed by atoms with Crippen LogP contribution in [0.5, 0.6) is 0 Å². The van der Waals surface area contributed by atoms with Gasteiger partial charge in [-0.15, -0.1) is 11.3 Å². The van der Waals surface area contributed by atoms with Gasteiger partial charge in [-0.25, -0.2) is 8.78 Å². The van der Waals surface area contributed by atoms with Gasteiger partial charge in [0.1, 0.15) is 6.10 Å². The second-order valence-electron chi connectivity index (χ2n) is 3.52. The number of aliphatic hydroxyl groups excluding tert-OH is 1. The summed E-state index contributed by atoms with van der Waals surface area (Å²) in [7, 11) is 0. The average Bonchev–Trinajstić information content (AvgIpc) is 2.68. The van der Waals surface area contributed by atoms with Gasteiger partial charge in [0.15, 0.2) is 11.6 Å². The molecule has 0 saturated carbocycles. The van der Waals surface area contributed by atoms with E-state index in [2.05, 4.69) is 0 Å². The van der Waals surface area contributed by atoms with Crippen LogP contribution in [0.3, 0.4) is 0 Å². The van der Waals surface area contributed by atoms with Crippen molar-refractivity contribution in [2.24, 2.45) is 0 Å². The lowest BCUT2D eigenvalue weighted by Gasteiger charge is -2.08. The number of rotatable bonds is 2. The van der Waals surface area contributed by atoms with Crippen LogP contribution in [0.25, 0.3) is 0 Å². The molecule has 0 fully saturated rings. The fourth-order valence-corrected chi connectivity index (χ4v) is 2.34. The lowest BCUT2D eigenvalue weighted by Crippen LogP contribution is -1.98. The van der Waals surface area contributed by atoms with Crippen molar-refractivity contribution in [2.45, 2.75) is 13.0 Å². The van der Waals surface area contributed by atoms with E-state index in [1.54, 1.807) is 6.07 Å². The molecule has 1 aromatic heterocycles. The van der Waals surface area contributed by atoms with Crippen LogP contribution in [-0.2, 0) is 0 Å². The Bertz CT molecular complexity index is 507. The van der Waals surface area contributed by atoms with Crippen LogP contribution in [0.2, 0.25) is 0 Å². The molecule has 1 nitrogen and oxygen atoms in total. The van der Waals surface area contributed by atoms with Crippen molar-refractivity contribution in [1.82, 2.24) is 0 Å². The van der Waals surface area contributed by atoms with E-state index in [4.69, 9.17) is 0 Å². The standard InChI is InChI=1S/C12H10F2OS/c1-7-2-5-11(16-7)12(15)8-3-4-9(13)10(14)6-8/h2-6,12,15H,1H3/t12-/m0/s1. The Kier molecular flexibility index (Phi) is 3.03. The summed E-state index contributed by atoms with van der Waals surface area (Å²) in [5.41, 5.74) is 0.362. The summed E-state index contributed by atoms with van der Waals surface area (Å²) in [6, 6.07) is 7.09. The zero-order valence-electron chi connectivity index (χ0n) is 8.58. The molecule has 1 heterocycles. The molecule has 0 unspecified atom stereocenters. The van der Waals surface area contributed by atoms with E-state index in [0.29, 0.717) is 5.56 Å². The molecule has 0 saturated heterocycles. The fourth-order valence-electron chi connectivity index (χ4n) is 1.45. The highest BCUT2D eigenvalue weighted by atomic mass is 32.1. The number of benzene rings is 1. The zero-order chi connectivity index (χ0) is 11.7. The van der Waals surface area contributed by atoms with Crippen LogP contribution >= 0.6 is 11.3 Å². The van der Waals surface area contributed by atoms with Crippen LogP contribution < -0.4 is 0 Å². The second-order valence-corrected chi connectivity index (χ2v) is 4.84. The van der Waals surface area contributed by atoms with Crippen LogP contribution in [-0.4, -0.2) is 5.11 Å². The van der Waals surface area contributed by atoms with Crippen LogP contribution in [0.4, 0.5) is 8.78 Å². The highest BCUT2D eigenvalue weighted by Crippen LogP contribution is 2.28. The van der Waals surface area contributed by atoms with E-state index in [0.717, 1.165) is 21.9 Å². The highest BCUT2D eigenvalue weighted by molar-refractivity contribution is 7.12. The number of hydrogen-bond donors (Lipinski definition) is 1. The van der Waals surface area contributed by atoms with Crippen molar-refractivity contribution in [3.05, 3.63) is 57.3 Å². The first-order chi connectivity index (χ1) is 7.58. The minimum atomic E-state index is -0.940. The summed E-state index contributed by atoms with van der Waals surface area (Å²) >= 11 is 1.43. The smallest absolute Gasteiger partial charge is 0.159 e. The third-order valence-electron chi connectivity index (χ3n) is 2.29. The first kappa shape index (κ1) is 11.2. The van der Waals surface area contributed by atoms with E-state index in [1.807, 2.05) is 13.0 Å². The molecule has 0 amide bonds. The normalized spacial score (nSPS) is 12.8. The first-order valence-corrected chi connectivity index (χ1v) is 5.59. The van der Waals surface area contributed by atoms with E-state index < -0.39 is 17.7 Å². The molecule has 0 aliphatic carbocycles. The lowest BCUT2D eigenvalue weighted by molar-refractivity contribution is 0.223. The molecule has 1 aromatic carbocycles. The Morgan fingerprint density at radius 3 is 2.44 bits per heavy atom. The molecule has 2 aromatic rings. The van der Waals surface area contributed by atoms with Crippen molar-refractivity contribution in [1.29, 1.82) is 0 Å². The summed E-state index contributed by atoms with van der Waals surface area (Å²) in [4.78, 5) is 1.79. The molecule has 1 atom stereocenters. The Labute approximate surface area is 96.0 Å². The Hall–Kier alpha value is -1.26. The maximum Gasteiger partial charge on any atom is 0.159 e. The van der Waals surface area contributed by atoms with Gasteiger partial charge in [0.2, 0.25) is 0 Å². The van der Waals surface area contributed by atoms with E-state index in [1.165, 1.54) is 17.4 Å². The van der Waals surface area contributed by atoms with Crippen LogP contribution in [0.15, 0.2) is 30.3 Å². The van der Waals surface area contributed by atoms with Gasteiger partial charge in [0, 0.05) is 9.75 Å². The summed E-state index contributed by atoms with van der Waals surface area (Å²) in [5, 5.41) is 9.94. The molecule has 0 spiro atoms. The molecule has 16 heavy (non-hydrogen) atoms. The molecular weight excluding hydrogens is 230 g/mol. The summed E-state index contributed by atoms with van der Waals surface area (Å²) in [6.07, 6.45) is -0.895. The van der Waals surface area contributed by atoms with Crippen molar-refractivity contribution < 1.29 is 13.9 Å². The second kappa shape index (κ2) is 4.31. The quantitative estimate of drug-likeness (QED) is 0.852. The Balaban J connectivity index is 2.33. The number of hydrogen-bond acceptors (Lipinski definition) is 2. The zero-order valence-corrected chi connectivity index (χ0v) is 9.39. The van der Waals surface area contributed by atoms with Gasteiger partial charge in [0.05, 0.1) is 0 Å². The molecule has 0 aliphatic heterocycles. The van der Waals surface area contributed by atoms with Crippen molar-refractivity contribution in [3.8, 4) is 0 Å². The van der Waals surface area contributed by atoms with Gasteiger partial charge in [-0.2, -0.15) is 0 Å².